The fraction of sp³-hybridized carbons (Fsp3) is 0.333. The second-order valence-corrected chi connectivity index (χ2v) is 3.76. The van der Waals surface area contributed by atoms with Gasteiger partial charge in [0, 0.05) is 19.6 Å². The summed E-state index contributed by atoms with van der Waals surface area (Å²) in [6.45, 7) is 3.04. The molecule has 0 unspecified atom stereocenters. The van der Waals surface area contributed by atoms with E-state index in [2.05, 4.69) is 35.2 Å². The number of nitrogens with zero attached hydrogens (tertiary/aromatic N) is 1. The smallest absolute Gasteiger partial charge is 0.109 e. The molecule has 1 aromatic rings. The summed E-state index contributed by atoms with van der Waals surface area (Å²) >= 11 is 0. The molecule has 0 aliphatic carbocycles. The first kappa shape index (κ1) is 9.54. The van der Waals surface area contributed by atoms with E-state index in [1.54, 1.807) is 0 Å². The van der Waals surface area contributed by atoms with Gasteiger partial charge in [-0.2, -0.15) is 0 Å². The molecule has 0 amide bonds. The van der Waals surface area contributed by atoms with Crippen LogP contribution in [0.3, 0.4) is 0 Å². The van der Waals surface area contributed by atoms with E-state index in [4.69, 9.17) is 7.85 Å². The third kappa shape index (κ3) is 2.49. The molecule has 0 bridgehead atoms. The molecule has 1 aliphatic heterocycles. The summed E-state index contributed by atoms with van der Waals surface area (Å²) in [5.41, 5.74) is 2.37. The lowest BCUT2D eigenvalue weighted by atomic mass is 9.91. The standard InChI is InChI=1S/C12H14BN/c13-12-7-4-8-14(10-12)9-11-5-2-1-3-6-11/h1-3,5-7H,4,8-10H2. The van der Waals surface area contributed by atoms with Crippen LogP contribution in [0, 0.1) is 0 Å². The van der Waals surface area contributed by atoms with E-state index in [0.717, 1.165) is 31.5 Å². The molecule has 0 saturated heterocycles. The lowest BCUT2D eigenvalue weighted by Gasteiger charge is -2.26. The van der Waals surface area contributed by atoms with Crippen molar-refractivity contribution in [1.29, 1.82) is 0 Å². The Kier molecular flexibility index (Phi) is 3.05. The van der Waals surface area contributed by atoms with Gasteiger partial charge in [0.15, 0.2) is 0 Å². The third-order valence-electron chi connectivity index (χ3n) is 2.51. The van der Waals surface area contributed by atoms with Gasteiger partial charge in [-0.15, -0.1) is 5.47 Å². The highest BCUT2D eigenvalue weighted by atomic mass is 15.1. The number of hydrogen-bond acceptors (Lipinski definition) is 1. The van der Waals surface area contributed by atoms with Gasteiger partial charge in [0.2, 0.25) is 0 Å². The largest absolute Gasteiger partial charge is 0.296 e. The molecule has 70 valence electrons. The summed E-state index contributed by atoms with van der Waals surface area (Å²) in [5, 5.41) is 0. The van der Waals surface area contributed by atoms with Gasteiger partial charge in [-0.1, -0.05) is 36.4 Å². The first-order valence-electron chi connectivity index (χ1n) is 5.05. The Morgan fingerprint density at radius 1 is 1.21 bits per heavy atom. The molecule has 1 nitrogen and oxygen atoms in total. The lowest BCUT2D eigenvalue weighted by Crippen LogP contribution is -2.29. The fourth-order valence-electron chi connectivity index (χ4n) is 1.81. The fourth-order valence-corrected chi connectivity index (χ4v) is 1.81. The molecule has 0 fully saturated rings. The van der Waals surface area contributed by atoms with Crippen LogP contribution in [0.1, 0.15) is 12.0 Å². The van der Waals surface area contributed by atoms with E-state index in [-0.39, 0.29) is 0 Å². The minimum absolute atomic E-state index is 0.912. The minimum atomic E-state index is 0.912. The van der Waals surface area contributed by atoms with Gasteiger partial charge in [-0.05, 0) is 12.0 Å². The van der Waals surface area contributed by atoms with Gasteiger partial charge in [0.25, 0.3) is 0 Å². The first-order valence-corrected chi connectivity index (χ1v) is 5.05. The molecule has 2 rings (SSSR count). The Balaban J connectivity index is 1.96. The summed E-state index contributed by atoms with van der Waals surface area (Å²) in [4.78, 5) is 2.38. The molecule has 0 N–H and O–H groups in total. The minimum Gasteiger partial charge on any atom is -0.296 e. The van der Waals surface area contributed by atoms with Crippen molar-refractivity contribution in [2.24, 2.45) is 0 Å². The molecule has 1 aromatic carbocycles. The van der Waals surface area contributed by atoms with Crippen molar-refractivity contribution in [2.45, 2.75) is 13.0 Å². The van der Waals surface area contributed by atoms with Crippen LogP contribution in [0.25, 0.3) is 0 Å². The van der Waals surface area contributed by atoms with Gasteiger partial charge in [0.05, 0.1) is 0 Å². The van der Waals surface area contributed by atoms with E-state index >= 15 is 0 Å². The summed E-state index contributed by atoms with van der Waals surface area (Å²) in [6, 6.07) is 10.5. The van der Waals surface area contributed by atoms with Crippen LogP contribution in [0.4, 0.5) is 0 Å². The van der Waals surface area contributed by atoms with Crippen molar-refractivity contribution in [3.05, 3.63) is 47.4 Å². The lowest BCUT2D eigenvalue weighted by molar-refractivity contribution is 0.287. The molecule has 2 radical (unpaired) electrons. The van der Waals surface area contributed by atoms with Gasteiger partial charge in [0.1, 0.15) is 7.85 Å². The normalized spacial score (nSPS) is 17.9. The molecule has 0 atom stereocenters. The SMILES string of the molecule is [B]C1=CCCN(Cc2ccccc2)C1. The molecular formula is C12H14BN. The number of benzene rings is 1. The van der Waals surface area contributed by atoms with Gasteiger partial charge >= 0.3 is 0 Å². The third-order valence-corrected chi connectivity index (χ3v) is 2.51. The molecular weight excluding hydrogens is 169 g/mol. The summed E-state index contributed by atoms with van der Waals surface area (Å²) in [6.07, 6.45) is 3.21. The van der Waals surface area contributed by atoms with E-state index in [0.29, 0.717) is 0 Å². The van der Waals surface area contributed by atoms with Crippen LogP contribution < -0.4 is 0 Å². The van der Waals surface area contributed by atoms with E-state index in [1.807, 2.05) is 6.07 Å². The Morgan fingerprint density at radius 3 is 2.71 bits per heavy atom. The maximum absolute atomic E-state index is 5.80. The Bertz CT molecular complexity index is 318. The highest BCUT2D eigenvalue weighted by Gasteiger charge is 2.09. The van der Waals surface area contributed by atoms with Crippen LogP contribution in [-0.4, -0.2) is 25.8 Å². The number of hydrogen-bond donors (Lipinski definition) is 0. The maximum Gasteiger partial charge on any atom is 0.109 e. The zero-order valence-electron chi connectivity index (χ0n) is 8.32. The molecule has 2 heteroatoms. The van der Waals surface area contributed by atoms with E-state index in [9.17, 15) is 0 Å². The van der Waals surface area contributed by atoms with Crippen LogP contribution >= 0.6 is 0 Å². The van der Waals surface area contributed by atoms with Gasteiger partial charge < -0.3 is 0 Å². The van der Waals surface area contributed by atoms with Crippen molar-refractivity contribution in [1.82, 2.24) is 4.90 Å². The van der Waals surface area contributed by atoms with E-state index in [1.165, 1.54) is 5.56 Å². The molecule has 0 saturated carbocycles. The highest BCUT2D eigenvalue weighted by molar-refractivity contribution is 6.21. The molecule has 0 aromatic heterocycles. The second-order valence-electron chi connectivity index (χ2n) is 3.76. The van der Waals surface area contributed by atoms with Crippen molar-refractivity contribution in [3.63, 3.8) is 0 Å². The maximum atomic E-state index is 5.80. The number of rotatable bonds is 2. The summed E-state index contributed by atoms with van der Waals surface area (Å²) < 4.78 is 0. The zero-order valence-corrected chi connectivity index (χ0v) is 8.32. The summed E-state index contributed by atoms with van der Waals surface area (Å²) in [7, 11) is 5.80. The van der Waals surface area contributed by atoms with E-state index < -0.39 is 0 Å². The monoisotopic (exact) mass is 183 g/mol. The average Bonchev–Trinajstić information content (AvgIpc) is 2.19. The van der Waals surface area contributed by atoms with Crippen molar-refractivity contribution >= 4 is 7.85 Å². The van der Waals surface area contributed by atoms with Crippen molar-refractivity contribution < 1.29 is 0 Å². The molecule has 1 aliphatic rings. The Morgan fingerprint density at radius 2 is 2.00 bits per heavy atom. The van der Waals surface area contributed by atoms with Crippen molar-refractivity contribution in [2.75, 3.05) is 13.1 Å². The van der Waals surface area contributed by atoms with Gasteiger partial charge in [-0.3, -0.25) is 4.90 Å². The first-order chi connectivity index (χ1) is 6.84. The zero-order chi connectivity index (χ0) is 9.80. The van der Waals surface area contributed by atoms with Crippen LogP contribution in [0.5, 0.6) is 0 Å². The highest BCUT2D eigenvalue weighted by Crippen LogP contribution is 2.11. The topological polar surface area (TPSA) is 3.24 Å². The quantitative estimate of drug-likeness (QED) is 0.633. The Labute approximate surface area is 86.8 Å². The predicted octanol–water partition coefficient (Wildman–Crippen LogP) is 1.94. The second kappa shape index (κ2) is 4.47. The van der Waals surface area contributed by atoms with Crippen molar-refractivity contribution in [3.8, 4) is 0 Å². The van der Waals surface area contributed by atoms with Crippen LogP contribution in [0.15, 0.2) is 41.9 Å². The molecule has 14 heavy (non-hydrogen) atoms. The molecule has 1 heterocycles. The summed E-state index contributed by atoms with van der Waals surface area (Å²) in [5.74, 6) is 0. The van der Waals surface area contributed by atoms with Crippen LogP contribution in [-0.2, 0) is 6.54 Å². The average molecular weight is 183 g/mol. The molecule has 0 spiro atoms. The Hall–Kier alpha value is -1.02. The van der Waals surface area contributed by atoms with Gasteiger partial charge in [-0.25, -0.2) is 0 Å². The van der Waals surface area contributed by atoms with Crippen LogP contribution in [0.2, 0.25) is 0 Å². The predicted molar refractivity (Wildman–Crippen MR) is 60.2 cm³/mol.